The molecule has 0 spiro atoms. The van der Waals surface area contributed by atoms with Crippen LogP contribution in [0.5, 0.6) is 5.75 Å². The number of carbonyl (C=O) groups excluding carboxylic acids is 1. The summed E-state index contributed by atoms with van der Waals surface area (Å²) >= 11 is 0. The Kier molecular flexibility index (Phi) is 8.15. The molecule has 0 aliphatic carbocycles. The Morgan fingerprint density at radius 1 is 1.09 bits per heavy atom. The lowest BCUT2D eigenvalue weighted by Gasteiger charge is -2.22. The van der Waals surface area contributed by atoms with Gasteiger partial charge in [-0.1, -0.05) is 31.9 Å². The fourth-order valence-corrected chi connectivity index (χ4v) is 2.37. The zero-order valence-corrected chi connectivity index (χ0v) is 15.4. The van der Waals surface area contributed by atoms with Crippen LogP contribution in [0.2, 0.25) is 0 Å². The van der Waals surface area contributed by atoms with Crippen molar-refractivity contribution in [2.24, 2.45) is 5.41 Å². The molecule has 0 heterocycles. The van der Waals surface area contributed by atoms with E-state index in [9.17, 15) is 4.79 Å². The average molecular weight is 320 g/mol. The minimum Gasteiger partial charge on any atom is -0.493 e. The minimum atomic E-state index is -0.447. The summed E-state index contributed by atoms with van der Waals surface area (Å²) in [4.78, 5) is 12.1. The Morgan fingerprint density at radius 2 is 1.83 bits per heavy atom. The van der Waals surface area contributed by atoms with E-state index in [1.165, 1.54) is 5.56 Å². The highest BCUT2D eigenvalue weighted by Gasteiger charge is 2.28. The first-order valence-corrected chi connectivity index (χ1v) is 8.74. The summed E-state index contributed by atoms with van der Waals surface area (Å²) in [5.74, 6) is 0.838. The summed E-state index contributed by atoms with van der Waals surface area (Å²) in [5, 5.41) is 0. The molecule has 1 rings (SSSR count). The van der Waals surface area contributed by atoms with Crippen molar-refractivity contribution in [3.8, 4) is 5.75 Å². The number of benzene rings is 1. The number of carbonyl (C=O) groups is 1. The third-order valence-corrected chi connectivity index (χ3v) is 4.08. The third-order valence-electron chi connectivity index (χ3n) is 4.08. The van der Waals surface area contributed by atoms with Gasteiger partial charge in [0.25, 0.3) is 0 Å². The summed E-state index contributed by atoms with van der Waals surface area (Å²) < 4.78 is 11.2. The lowest BCUT2D eigenvalue weighted by Crippen LogP contribution is -2.27. The highest BCUT2D eigenvalue weighted by molar-refractivity contribution is 5.75. The predicted molar refractivity (Wildman–Crippen MR) is 94.9 cm³/mol. The van der Waals surface area contributed by atoms with Crippen LogP contribution in [0.1, 0.15) is 64.0 Å². The number of aryl methyl sites for hydroxylation is 2. The van der Waals surface area contributed by atoms with Gasteiger partial charge >= 0.3 is 5.97 Å². The highest BCUT2D eigenvalue weighted by atomic mass is 16.5. The largest absolute Gasteiger partial charge is 0.493 e. The molecule has 0 saturated heterocycles. The predicted octanol–water partition coefficient (Wildman–Crippen LogP) is 5.22. The molecule has 1 aromatic carbocycles. The molecule has 0 aromatic heterocycles. The molecule has 1 aromatic rings. The number of unbranched alkanes of at least 4 members (excludes halogenated alkanes) is 2. The first kappa shape index (κ1) is 19.5. The van der Waals surface area contributed by atoms with E-state index in [4.69, 9.17) is 9.47 Å². The van der Waals surface area contributed by atoms with Gasteiger partial charge in [-0.25, -0.2) is 0 Å². The first-order valence-electron chi connectivity index (χ1n) is 8.74. The van der Waals surface area contributed by atoms with E-state index in [-0.39, 0.29) is 5.97 Å². The average Bonchev–Trinajstić information content (AvgIpc) is 2.51. The Labute approximate surface area is 141 Å². The molecule has 3 heteroatoms. The van der Waals surface area contributed by atoms with Crippen LogP contribution in [0, 0.1) is 19.3 Å². The number of esters is 1. The molecule has 0 N–H and O–H groups in total. The van der Waals surface area contributed by atoms with Crippen molar-refractivity contribution in [2.45, 2.75) is 66.7 Å². The standard InChI is InChI=1S/C20H32O3/c1-6-7-8-13-23-19(21)20(4,5)12-9-14-22-18-15-16(2)10-11-17(18)3/h10-11,15H,6-9,12-14H2,1-5H3. The van der Waals surface area contributed by atoms with E-state index in [0.717, 1.165) is 43.4 Å². The van der Waals surface area contributed by atoms with Crippen molar-refractivity contribution in [1.82, 2.24) is 0 Å². The minimum absolute atomic E-state index is 0.0969. The lowest BCUT2D eigenvalue weighted by atomic mass is 9.88. The van der Waals surface area contributed by atoms with E-state index >= 15 is 0 Å². The summed E-state index contributed by atoms with van der Waals surface area (Å²) in [6.07, 6.45) is 4.80. The molecule has 0 fully saturated rings. The van der Waals surface area contributed by atoms with Crippen LogP contribution in [-0.2, 0) is 9.53 Å². The van der Waals surface area contributed by atoms with Crippen LogP contribution in [0.4, 0.5) is 0 Å². The molecular formula is C20H32O3. The molecule has 130 valence electrons. The second-order valence-corrected chi connectivity index (χ2v) is 6.95. The SMILES string of the molecule is CCCCCOC(=O)C(C)(C)CCCOc1cc(C)ccc1C. The molecule has 0 atom stereocenters. The Hall–Kier alpha value is -1.51. The quantitative estimate of drug-likeness (QED) is 0.438. The molecule has 3 nitrogen and oxygen atoms in total. The van der Waals surface area contributed by atoms with Gasteiger partial charge in [0.05, 0.1) is 18.6 Å². The topological polar surface area (TPSA) is 35.5 Å². The number of rotatable bonds is 10. The highest BCUT2D eigenvalue weighted by Crippen LogP contribution is 2.25. The molecule has 23 heavy (non-hydrogen) atoms. The van der Waals surface area contributed by atoms with Crippen LogP contribution in [0.25, 0.3) is 0 Å². The van der Waals surface area contributed by atoms with Crippen molar-refractivity contribution in [3.63, 3.8) is 0 Å². The van der Waals surface area contributed by atoms with Crippen LogP contribution in [-0.4, -0.2) is 19.2 Å². The molecule has 0 saturated carbocycles. The third kappa shape index (κ3) is 7.06. The molecule has 0 aliphatic heterocycles. The molecule has 0 bridgehead atoms. The van der Waals surface area contributed by atoms with E-state index < -0.39 is 5.41 Å². The van der Waals surface area contributed by atoms with Crippen molar-refractivity contribution in [3.05, 3.63) is 29.3 Å². The van der Waals surface area contributed by atoms with E-state index in [2.05, 4.69) is 32.0 Å². The van der Waals surface area contributed by atoms with Crippen molar-refractivity contribution in [1.29, 1.82) is 0 Å². The number of ether oxygens (including phenoxy) is 2. The Balaban J connectivity index is 2.32. The summed E-state index contributed by atoms with van der Waals surface area (Å²) in [5.41, 5.74) is 1.89. The van der Waals surface area contributed by atoms with Gasteiger partial charge in [-0.05, 0) is 64.2 Å². The molecule has 0 unspecified atom stereocenters. The van der Waals surface area contributed by atoms with Crippen LogP contribution in [0.15, 0.2) is 18.2 Å². The molecule has 0 aliphatic rings. The van der Waals surface area contributed by atoms with Crippen molar-refractivity contribution >= 4 is 5.97 Å². The fraction of sp³-hybridized carbons (Fsp3) is 0.650. The fourth-order valence-electron chi connectivity index (χ4n) is 2.37. The molecule has 0 radical (unpaired) electrons. The van der Waals surface area contributed by atoms with Crippen LogP contribution in [0.3, 0.4) is 0 Å². The van der Waals surface area contributed by atoms with Gasteiger partial charge in [0.15, 0.2) is 0 Å². The van der Waals surface area contributed by atoms with Crippen molar-refractivity contribution < 1.29 is 14.3 Å². The monoisotopic (exact) mass is 320 g/mol. The smallest absolute Gasteiger partial charge is 0.311 e. The van der Waals surface area contributed by atoms with E-state index in [1.54, 1.807) is 0 Å². The maximum absolute atomic E-state index is 12.1. The normalized spacial score (nSPS) is 11.3. The Bertz CT molecular complexity index is 492. The van der Waals surface area contributed by atoms with Gasteiger partial charge in [0.2, 0.25) is 0 Å². The summed E-state index contributed by atoms with van der Waals surface area (Å²) in [6.45, 7) is 11.3. The van der Waals surface area contributed by atoms with Crippen molar-refractivity contribution in [2.75, 3.05) is 13.2 Å². The second-order valence-electron chi connectivity index (χ2n) is 6.95. The summed E-state index contributed by atoms with van der Waals surface area (Å²) in [7, 11) is 0. The van der Waals surface area contributed by atoms with Gasteiger partial charge in [-0.15, -0.1) is 0 Å². The van der Waals surface area contributed by atoms with Gasteiger partial charge in [0.1, 0.15) is 5.75 Å². The first-order chi connectivity index (χ1) is 10.9. The number of hydrogen-bond acceptors (Lipinski definition) is 3. The maximum atomic E-state index is 12.1. The van der Waals surface area contributed by atoms with Crippen LogP contribution < -0.4 is 4.74 Å². The van der Waals surface area contributed by atoms with Gasteiger partial charge < -0.3 is 9.47 Å². The lowest BCUT2D eigenvalue weighted by molar-refractivity contribution is -0.154. The van der Waals surface area contributed by atoms with Gasteiger partial charge in [-0.2, -0.15) is 0 Å². The number of hydrogen-bond donors (Lipinski definition) is 0. The zero-order valence-electron chi connectivity index (χ0n) is 15.4. The molecule has 0 amide bonds. The van der Waals surface area contributed by atoms with E-state index in [0.29, 0.717) is 13.2 Å². The van der Waals surface area contributed by atoms with Crippen LogP contribution >= 0.6 is 0 Å². The maximum Gasteiger partial charge on any atom is 0.311 e. The van der Waals surface area contributed by atoms with Gasteiger partial charge in [-0.3, -0.25) is 4.79 Å². The van der Waals surface area contributed by atoms with Gasteiger partial charge in [0, 0.05) is 0 Å². The molecular weight excluding hydrogens is 288 g/mol. The Morgan fingerprint density at radius 3 is 2.52 bits per heavy atom. The summed E-state index contributed by atoms with van der Waals surface area (Å²) in [6, 6.07) is 6.21. The second kappa shape index (κ2) is 9.59. The zero-order chi connectivity index (χ0) is 17.3. The van der Waals surface area contributed by atoms with E-state index in [1.807, 2.05) is 20.8 Å².